The molecule has 1 aliphatic heterocycles. The maximum atomic E-state index is 12.9. The Bertz CT molecular complexity index is 1070. The first-order valence-corrected chi connectivity index (χ1v) is 9.50. The molecule has 0 radical (unpaired) electrons. The molecule has 0 spiro atoms. The molecule has 0 N–H and O–H groups in total. The van der Waals surface area contributed by atoms with E-state index in [2.05, 4.69) is 14.7 Å². The van der Waals surface area contributed by atoms with E-state index in [-0.39, 0.29) is 23.6 Å². The van der Waals surface area contributed by atoms with Crippen molar-refractivity contribution in [2.45, 2.75) is 25.9 Å². The van der Waals surface area contributed by atoms with Crippen molar-refractivity contribution < 1.29 is 27.4 Å². The van der Waals surface area contributed by atoms with Gasteiger partial charge in [0.1, 0.15) is 17.6 Å². The standard InChI is InChI=1S/C22H18F3N3O3/c1-14-12-28(21(29)20-26-9-2-10-27-20)13-17-11-16(5-8-19(17)30-14)15-3-6-18(7-4-15)31-22(23,24)25/h2-11,14H,12-13H2,1H3/t14-/m0/s1. The lowest BCUT2D eigenvalue weighted by atomic mass is 10.0. The van der Waals surface area contributed by atoms with Crippen LogP contribution in [0.2, 0.25) is 0 Å². The van der Waals surface area contributed by atoms with Crippen LogP contribution in [0.4, 0.5) is 13.2 Å². The number of nitrogens with zero attached hydrogens (tertiary/aromatic N) is 3. The normalized spacial score (nSPS) is 16.1. The molecule has 3 aromatic rings. The first-order valence-electron chi connectivity index (χ1n) is 9.50. The van der Waals surface area contributed by atoms with Gasteiger partial charge in [-0.1, -0.05) is 18.2 Å². The molecule has 0 fully saturated rings. The largest absolute Gasteiger partial charge is 0.573 e. The van der Waals surface area contributed by atoms with E-state index in [1.54, 1.807) is 29.2 Å². The smallest absolute Gasteiger partial charge is 0.489 e. The molecule has 1 atom stereocenters. The number of halogens is 3. The second-order valence-electron chi connectivity index (χ2n) is 7.08. The topological polar surface area (TPSA) is 64.6 Å². The third-order valence-corrected chi connectivity index (χ3v) is 4.69. The van der Waals surface area contributed by atoms with Gasteiger partial charge in [0, 0.05) is 24.5 Å². The first-order chi connectivity index (χ1) is 14.8. The van der Waals surface area contributed by atoms with Gasteiger partial charge in [-0.05, 0) is 48.4 Å². The Labute approximate surface area is 176 Å². The van der Waals surface area contributed by atoms with Gasteiger partial charge < -0.3 is 14.4 Å². The Kier molecular flexibility index (Phi) is 5.50. The lowest BCUT2D eigenvalue weighted by Crippen LogP contribution is -2.36. The minimum absolute atomic E-state index is 0.106. The number of amides is 1. The van der Waals surface area contributed by atoms with Gasteiger partial charge in [-0.2, -0.15) is 0 Å². The molecule has 31 heavy (non-hydrogen) atoms. The maximum absolute atomic E-state index is 12.9. The van der Waals surface area contributed by atoms with Gasteiger partial charge in [0.15, 0.2) is 0 Å². The predicted molar refractivity (Wildman–Crippen MR) is 105 cm³/mol. The number of rotatable bonds is 3. The number of hydrogen-bond donors (Lipinski definition) is 0. The molecule has 2 aromatic carbocycles. The van der Waals surface area contributed by atoms with Crippen LogP contribution in [0.15, 0.2) is 60.9 Å². The zero-order valence-corrected chi connectivity index (χ0v) is 16.5. The minimum Gasteiger partial charge on any atom is -0.489 e. The second kappa shape index (κ2) is 8.25. The fourth-order valence-electron chi connectivity index (χ4n) is 3.39. The summed E-state index contributed by atoms with van der Waals surface area (Å²) >= 11 is 0. The Morgan fingerprint density at radius 2 is 1.77 bits per heavy atom. The van der Waals surface area contributed by atoms with Crippen molar-refractivity contribution in [3.63, 3.8) is 0 Å². The number of alkyl halides is 3. The van der Waals surface area contributed by atoms with E-state index >= 15 is 0 Å². The van der Waals surface area contributed by atoms with Crippen molar-refractivity contribution >= 4 is 5.91 Å². The van der Waals surface area contributed by atoms with Gasteiger partial charge in [0.05, 0.1) is 6.54 Å². The number of carbonyl (C=O) groups is 1. The highest BCUT2D eigenvalue weighted by molar-refractivity contribution is 5.90. The summed E-state index contributed by atoms with van der Waals surface area (Å²) in [6, 6.07) is 12.7. The van der Waals surface area contributed by atoms with E-state index < -0.39 is 6.36 Å². The van der Waals surface area contributed by atoms with Gasteiger partial charge in [-0.25, -0.2) is 9.97 Å². The van der Waals surface area contributed by atoms with E-state index in [1.165, 1.54) is 24.5 Å². The zero-order valence-electron chi connectivity index (χ0n) is 16.5. The molecule has 4 rings (SSSR count). The highest BCUT2D eigenvalue weighted by Crippen LogP contribution is 2.32. The van der Waals surface area contributed by atoms with Crippen LogP contribution in [0.3, 0.4) is 0 Å². The van der Waals surface area contributed by atoms with Crippen molar-refractivity contribution in [3.05, 3.63) is 72.3 Å². The van der Waals surface area contributed by atoms with Crippen molar-refractivity contribution in [1.29, 1.82) is 0 Å². The van der Waals surface area contributed by atoms with E-state index in [0.717, 1.165) is 11.1 Å². The second-order valence-corrected chi connectivity index (χ2v) is 7.08. The molecule has 0 bridgehead atoms. The maximum Gasteiger partial charge on any atom is 0.573 e. The SMILES string of the molecule is C[C@H]1CN(C(=O)c2ncccn2)Cc2cc(-c3ccc(OC(F)(F)F)cc3)ccc2O1. The van der Waals surface area contributed by atoms with Crippen LogP contribution >= 0.6 is 0 Å². The van der Waals surface area contributed by atoms with Crippen LogP contribution in [0.25, 0.3) is 11.1 Å². The number of aromatic nitrogens is 2. The molecular weight excluding hydrogens is 411 g/mol. The van der Waals surface area contributed by atoms with E-state index in [4.69, 9.17) is 4.74 Å². The van der Waals surface area contributed by atoms with Gasteiger partial charge in [-0.3, -0.25) is 4.79 Å². The zero-order chi connectivity index (χ0) is 22.0. The van der Waals surface area contributed by atoms with E-state index in [1.807, 2.05) is 19.1 Å². The molecule has 9 heteroatoms. The lowest BCUT2D eigenvalue weighted by Gasteiger charge is -2.21. The number of fused-ring (bicyclic) bond motifs is 1. The average Bonchev–Trinajstić information content (AvgIpc) is 2.90. The van der Waals surface area contributed by atoms with Gasteiger partial charge in [-0.15, -0.1) is 13.2 Å². The predicted octanol–water partition coefficient (Wildman–Crippen LogP) is 4.47. The highest BCUT2D eigenvalue weighted by atomic mass is 19.4. The lowest BCUT2D eigenvalue weighted by molar-refractivity contribution is -0.274. The molecule has 2 heterocycles. The Balaban J connectivity index is 1.60. The van der Waals surface area contributed by atoms with Crippen LogP contribution in [0, 0.1) is 0 Å². The number of ether oxygens (including phenoxy) is 2. The fraction of sp³-hybridized carbons (Fsp3) is 0.227. The van der Waals surface area contributed by atoms with Crippen LogP contribution in [0.1, 0.15) is 23.1 Å². The van der Waals surface area contributed by atoms with E-state index in [9.17, 15) is 18.0 Å². The summed E-state index contributed by atoms with van der Waals surface area (Å²) in [4.78, 5) is 22.5. The summed E-state index contributed by atoms with van der Waals surface area (Å²) in [6.07, 6.45) is -1.96. The monoisotopic (exact) mass is 429 g/mol. The third kappa shape index (κ3) is 4.93. The van der Waals surface area contributed by atoms with Crippen molar-refractivity contribution in [2.75, 3.05) is 6.54 Å². The molecule has 0 saturated carbocycles. The molecule has 1 aromatic heterocycles. The van der Waals surface area contributed by atoms with Crippen LogP contribution in [-0.2, 0) is 6.54 Å². The van der Waals surface area contributed by atoms with Gasteiger partial charge >= 0.3 is 6.36 Å². The molecule has 1 aliphatic rings. The summed E-state index contributed by atoms with van der Waals surface area (Å²) in [5.74, 6) is 0.165. The summed E-state index contributed by atoms with van der Waals surface area (Å²) in [7, 11) is 0. The molecule has 6 nitrogen and oxygen atoms in total. The molecule has 0 saturated heterocycles. The van der Waals surface area contributed by atoms with E-state index in [0.29, 0.717) is 24.4 Å². The number of carbonyl (C=O) groups excluding carboxylic acids is 1. The van der Waals surface area contributed by atoms with Crippen LogP contribution in [0.5, 0.6) is 11.5 Å². The minimum atomic E-state index is -4.74. The molecule has 160 valence electrons. The third-order valence-electron chi connectivity index (χ3n) is 4.69. The number of hydrogen-bond acceptors (Lipinski definition) is 5. The van der Waals surface area contributed by atoms with Crippen molar-refractivity contribution in [2.24, 2.45) is 0 Å². The molecule has 0 unspecified atom stereocenters. The Morgan fingerprint density at radius 3 is 2.45 bits per heavy atom. The summed E-state index contributed by atoms with van der Waals surface area (Å²) < 4.78 is 47.0. The first kappa shape index (κ1) is 20.6. The average molecular weight is 429 g/mol. The van der Waals surface area contributed by atoms with Crippen LogP contribution in [-0.4, -0.2) is 39.8 Å². The summed E-state index contributed by atoms with van der Waals surface area (Å²) in [6.45, 7) is 2.53. The Morgan fingerprint density at radius 1 is 1.10 bits per heavy atom. The Hall–Kier alpha value is -3.62. The molecule has 0 aliphatic carbocycles. The summed E-state index contributed by atoms with van der Waals surface area (Å²) in [5.41, 5.74) is 2.26. The molecular formula is C22H18F3N3O3. The molecule has 1 amide bonds. The van der Waals surface area contributed by atoms with Gasteiger partial charge in [0.25, 0.3) is 5.91 Å². The van der Waals surface area contributed by atoms with Crippen molar-refractivity contribution in [1.82, 2.24) is 14.9 Å². The van der Waals surface area contributed by atoms with Crippen molar-refractivity contribution in [3.8, 4) is 22.6 Å². The van der Waals surface area contributed by atoms with Gasteiger partial charge in [0.2, 0.25) is 5.82 Å². The quantitative estimate of drug-likeness (QED) is 0.615. The highest BCUT2D eigenvalue weighted by Gasteiger charge is 2.31. The number of benzene rings is 2. The summed E-state index contributed by atoms with van der Waals surface area (Å²) in [5, 5.41) is 0. The van der Waals surface area contributed by atoms with Crippen LogP contribution < -0.4 is 9.47 Å². The fourth-order valence-corrected chi connectivity index (χ4v) is 3.39.